The average molecular weight is 290 g/mol. The highest BCUT2D eigenvalue weighted by Gasteiger charge is 2.16. The van der Waals surface area contributed by atoms with Gasteiger partial charge in [0.05, 0.1) is 0 Å². The van der Waals surface area contributed by atoms with E-state index in [1.807, 2.05) is 0 Å². The predicted molar refractivity (Wildman–Crippen MR) is 99.0 cm³/mol. The van der Waals surface area contributed by atoms with Gasteiger partial charge in [0.1, 0.15) is 0 Å². The fourth-order valence-corrected chi connectivity index (χ4v) is 3.10. The lowest BCUT2D eigenvalue weighted by molar-refractivity contribution is 0.658. The van der Waals surface area contributed by atoms with E-state index in [1.165, 1.54) is 22.3 Å². The molecule has 0 bridgehead atoms. The molecule has 0 aromatic heterocycles. The summed E-state index contributed by atoms with van der Waals surface area (Å²) in [5.41, 5.74) is 7.66. The van der Waals surface area contributed by atoms with Crippen LogP contribution in [0.1, 0.15) is 55.4 Å². The largest absolute Gasteiger partial charge is 0.0955 e. The van der Waals surface area contributed by atoms with Crippen LogP contribution in [0.25, 0.3) is 11.1 Å². The minimum absolute atomic E-state index is 0.508. The molecule has 0 amide bonds. The van der Waals surface area contributed by atoms with Crippen LogP contribution in [0.15, 0.2) is 61.7 Å². The van der Waals surface area contributed by atoms with Gasteiger partial charge in [0.2, 0.25) is 0 Å². The van der Waals surface area contributed by atoms with E-state index in [2.05, 4.69) is 82.5 Å². The first-order valence-electron chi connectivity index (χ1n) is 8.03. The Morgan fingerprint density at radius 2 is 1.41 bits per heavy atom. The summed E-state index contributed by atoms with van der Waals surface area (Å²) in [6.07, 6.45) is 2.17. The highest BCUT2D eigenvalue weighted by molar-refractivity contribution is 5.66. The molecule has 2 rings (SSSR count). The van der Waals surface area contributed by atoms with Crippen molar-refractivity contribution in [2.45, 2.75) is 39.5 Å². The Labute approximate surface area is 135 Å². The summed E-state index contributed by atoms with van der Waals surface area (Å²) < 4.78 is 0. The van der Waals surface area contributed by atoms with Crippen LogP contribution in [0.5, 0.6) is 0 Å². The molecule has 0 heterocycles. The Balaban J connectivity index is 2.39. The van der Waals surface area contributed by atoms with Crippen molar-refractivity contribution in [3.63, 3.8) is 0 Å². The number of hydrogen-bond donors (Lipinski definition) is 0. The summed E-state index contributed by atoms with van der Waals surface area (Å²) in [6, 6.07) is 17.3. The van der Waals surface area contributed by atoms with Gasteiger partial charge in [-0.25, -0.2) is 0 Å². The summed E-state index contributed by atoms with van der Waals surface area (Å²) in [5, 5.41) is 0. The zero-order valence-electron chi connectivity index (χ0n) is 14.0. The molecule has 0 aliphatic carbocycles. The minimum Gasteiger partial charge on any atom is -0.0955 e. The maximum atomic E-state index is 4.14. The van der Waals surface area contributed by atoms with E-state index in [9.17, 15) is 0 Å². The number of benzene rings is 2. The van der Waals surface area contributed by atoms with Crippen molar-refractivity contribution in [2.24, 2.45) is 0 Å². The van der Waals surface area contributed by atoms with E-state index >= 15 is 0 Å². The highest BCUT2D eigenvalue weighted by atomic mass is 14.2. The molecule has 22 heavy (non-hydrogen) atoms. The normalized spacial score (nSPS) is 12.0. The molecule has 0 radical (unpaired) electrons. The van der Waals surface area contributed by atoms with Crippen molar-refractivity contribution in [1.29, 1.82) is 0 Å². The monoisotopic (exact) mass is 290 g/mol. The summed E-state index contributed by atoms with van der Waals surface area (Å²) in [6.45, 7) is 14.7. The molecule has 0 saturated carbocycles. The smallest absolute Gasteiger partial charge is 0.0118 e. The van der Waals surface area contributed by atoms with Gasteiger partial charge in [-0.05, 0) is 54.9 Å². The maximum Gasteiger partial charge on any atom is -0.0118 e. The quantitative estimate of drug-likeness (QED) is 0.570. The second kappa shape index (κ2) is 7.26. The van der Waals surface area contributed by atoms with Gasteiger partial charge < -0.3 is 0 Å². The topological polar surface area (TPSA) is 0 Å². The molecule has 0 nitrogen and oxygen atoms in total. The van der Waals surface area contributed by atoms with Gasteiger partial charge >= 0.3 is 0 Å². The van der Waals surface area contributed by atoms with Gasteiger partial charge in [-0.1, -0.05) is 79.8 Å². The van der Waals surface area contributed by atoms with Gasteiger partial charge in [-0.3, -0.25) is 0 Å². The summed E-state index contributed by atoms with van der Waals surface area (Å²) in [7, 11) is 0. The van der Waals surface area contributed by atoms with Crippen LogP contribution in [0.2, 0.25) is 0 Å². The lowest BCUT2D eigenvalue weighted by Gasteiger charge is -2.21. The zero-order valence-corrected chi connectivity index (χ0v) is 14.0. The van der Waals surface area contributed by atoms with E-state index in [4.69, 9.17) is 0 Å². The van der Waals surface area contributed by atoms with Crippen molar-refractivity contribution in [1.82, 2.24) is 0 Å². The average Bonchev–Trinajstić information content (AvgIpc) is 2.52. The Morgan fingerprint density at radius 3 is 2.00 bits per heavy atom. The van der Waals surface area contributed by atoms with Crippen LogP contribution in [0, 0.1) is 0 Å². The van der Waals surface area contributed by atoms with Crippen molar-refractivity contribution in [3.8, 4) is 0 Å². The van der Waals surface area contributed by atoms with Crippen LogP contribution >= 0.6 is 0 Å². The minimum atomic E-state index is 0.508. The van der Waals surface area contributed by atoms with Crippen LogP contribution in [0.4, 0.5) is 0 Å². The zero-order chi connectivity index (χ0) is 16.1. The van der Waals surface area contributed by atoms with E-state index in [0.29, 0.717) is 5.92 Å². The van der Waals surface area contributed by atoms with Gasteiger partial charge in [-0.15, -0.1) is 0 Å². The third-order valence-corrected chi connectivity index (χ3v) is 4.30. The van der Waals surface area contributed by atoms with Gasteiger partial charge in [0, 0.05) is 0 Å². The molecule has 0 saturated heterocycles. The van der Waals surface area contributed by atoms with Gasteiger partial charge in [0.25, 0.3) is 0 Å². The molecule has 1 atom stereocenters. The highest BCUT2D eigenvalue weighted by Crippen LogP contribution is 2.32. The molecule has 114 valence electrons. The standard InChI is InChI=1S/C22H26/c1-6-18(22-14-10-9-13-21(22)17(4)5)15-19-11-7-8-12-20(19)16(2)3/h7-14,18H,2,4,6,15H2,1,3,5H3. The SMILES string of the molecule is C=C(C)c1ccccc1CC(CC)c1ccccc1C(=C)C. The van der Waals surface area contributed by atoms with E-state index in [1.54, 1.807) is 0 Å². The van der Waals surface area contributed by atoms with E-state index < -0.39 is 0 Å². The predicted octanol–water partition coefficient (Wildman–Crippen LogP) is 6.49. The van der Waals surface area contributed by atoms with E-state index in [0.717, 1.165) is 24.0 Å². The molecule has 0 heteroatoms. The van der Waals surface area contributed by atoms with Crippen molar-refractivity contribution in [2.75, 3.05) is 0 Å². The number of rotatable bonds is 6. The second-order valence-electron chi connectivity index (χ2n) is 6.11. The molecule has 2 aromatic rings. The van der Waals surface area contributed by atoms with Crippen LogP contribution in [-0.4, -0.2) is 0 Å². The fraction of sp³-hybridized carbons (Fsp3) is 0.273. The third kappa shape index (κ3) is 3.57. The first-order valence-corrected chi connectivity index (χ1v) is 8.03. The molecule has 0 aliphatic rings. The fourth-order valence-electron chi connectivity index (χ4n) is 3.10. The Hall–Kier alpha value is -2.08. The van der Waals surface area contributed by atoms with Gasteiger partial charge in [0.15, 0.2) is 0 Å². The van der Waals surface area contributed by atoms with Crippen LogP contribution in [0.3, 0.4) is 0 Å². The van der Waals surface area contributed by atoms with Crippen molar-refractivity contribution >= 4 is 11.1 Å². The van der Waals surface area contributed by atoms with Gasteiger partial charge in [-0.2, -0.15) is 0 Å². The summed E-state index contributed by atoms with van der Waals surface area (Å²) in [5.74, 6) is 0.508. The molecule has 0 spiro atoms. The number of hydrogen-bond acceptors (Lipinski definition) is 0. The van der Waals surface area contributed by atoms with Crippen molar-refractivity contribution < 1.29 is 0 Å². The first-order chi connectivity index (χ1) is 10.5. The summed E-state index contributed by atoms with van der Waals surface area (Å²) in [4.78, 5) is 0. The molecular formula is C22H26. The lowest BCUT2D eigenvalue weighted by Crippen LogP contribution is -2.06. The molecular weight excluding hydrogens is 264 g/mol. The molecule has 0 fully saturated rings. The molecule has 0 aliphatic heterocycles. The van der Waals surface area contributed by atoms with Crippen molar-refractivity contribution in [3.05, 3.63) is 83.9 Å². The van der Waals surface area contributed by atoms with Crippen LogP contribution in [-0.2, 0) is 6.42 Å². The summed E-state index contributed by atoms with van der Waals surface area (Å²) >= 11 is 0. The number of allylic oxidation sites excluding steroid dienone is 2. The Morgan fingerprint density at radius 1 is 0.864 bits per heavy atom. The molecule has 0 N–H and O–H groups in total. The lowest BCUT2D eigenvalue weighted by atomic mass is 9.84. The molecule has 1 unspecified atom stereocenters. The Kier molecular flexibility index (Phi) is 5.38. The maximum absolute atomic E-state index is 4.14. The second-order valence-corrected chi connectivity index (χ2v) is 6.11. The first kappa shape index (κ1) is 16.3. The Bertz CT molecular complexity index is 676. The third-order valence-electron chi connectivity index (χ3n) is 4.30. The molecule has 2 aromatic carbocycles. The van der Waals surface area contributed by atoms with E-state index in [-0.39, 0.29) is 0 Å². The van der Waals surface area contributed by atoms with Crippen LogP contribution < -0.4 is 0 Å².